The molecule has 1 aromatic carbocycles. The standard InChI is InChI=1S/C22H28N2O3/c1-5-14-13-24-11-10-21-16-8-6-7-9-17(16)23(2)20(21)22(24,27-4)12-15(14)18(21)19(25)26-3/h5-9,15,18,20H,10-13H2,1-4H3/b14-5-/t15-,18?,20?,21-,22+/m0/s1. The normalized spacial score (nSPS) is 40.8. The van der Waals surface area contributed by atoms with Crippen LogP contribution in [-0.4, -0.2) is 57.0 Å². The zero-order valence-corrected chi connectivity index (χ0v) is 16.6. The highest BCUT2D eigenvalue weighted by atomic mass is 16.5. The molecule has 1 saturated carbocycles. The lowest BCUT2D eigenvalue weighted by atomic mass is 9.49. The maximum Gasteiger partial charge on any atom is 0.310 e. The first-order valence-corrected chi connectivity index (χ1v) is 9.90. The van der Waals surface area contributed by atoms with Crippen LogP contribution in [0.15, 0.2) is 35.9 Å². The van der Waals surface area contributed by atoms with Crippen molar-refractivity contribution in [3.63, 3.8) is 0 Å². The average Bonchev–Trinajstić information content (AvgIpc) is 2.97. The second-order valence-electron chi connectivity index (χ2n) is 8.47. The number of carbonyl (C=O) groups is 1. The van der Waals surface area contributed by atoms with Gasteiger partial charge in [0.15, 0.2) is 0 Å². The number of rotatable bonds is 2. The van der Waals surface area contributed by atoms with Gasteiger partial charge in [-0.05, 0) is 37.3 Å². The summed E-state index contributed by atoms with van der Waals surface area (Å²) in [4.78, 5) is 18.1. The Morgan fingerprint density at radius 1 is 1.30 bits per heavy atom. The summed E-state index contributed by atoms with van der Waals surface area (Å²) in [6.45, 7) is 3.90. The minimum atomic E-state index is -0.367. The summed E-state index contributed by atoms with van der Waals surface area (Å²) in [5.41, 5.74) is 3.22. The molecule has 0 aromatic heterocycles. The van der Waals surface area contributed by atoms with Crippen LogP contribution in [-0.2, 0) is 19.7 Å². The highest BCUT2D eigenvalue weighted by Gasteiger charge is 2.74. The van der Waals surface area contributed by atoms with E-state index in [-0.39, 0.29) is 35.0 Å². The van der Waals surface area contributed by atoms with E-state index in [1.165, 1.54) is 23.9 Å². The molecule has 27 heavy (non-hydrogen) atoms. The third-order valence-electron chi connectivity index (χ3n) is 7.92. The largest absolute Gasteiger partial charge is 0.469 e. The molecule has 3 bridgehead atoms. The molecule has 5 rings (SSSR count). The number of ether oxygens (including phenoxy) is 2. The number of para-hydroxylation sites is 1. The molecule has 1 aliphatic carbocycles. The van der Waals surface area contributed by atoms with Crippen LogP contribution >= 0.6 is 0 Å². The topological polar surface area (TPSA) is 42.0 Å². The summed E-state index contributed by atoms with van der Waals surface area (Å²) >= 11 is 0. The van der Waals surface area contributed by atoms with E-state index >= 15 is 0 Å². The zero-order chi connectivity index (χ0) is 19.0. The Labute approximate surface area is 160 Å². The van der Waals surface area contributed by atoms with Crippen LogP contribution in [0.1, 0.15) is 25.3 Å². The van der Waals surface area contributed by atoms with Gasteiger partial charge in [-0.2, -0.15) is 0 Å². The first kappa shape index (κ1) is 17.3. The van der Waals surface area contributed by atoms with E-state index < -0.39 is 0 Å². The van der Waals surface area contributed by atoms with Crippen LogP contribution in [0.5, 0.6) is 0 Å². The van der Waals surface area contributed by atoms with Crippen molar-refractivity contribution in [3.05, 3.63) is 41.5 Å². The van der Waals surface area contributed by atoms with Gasteiger partial charge in [0.25, 0.3) is 0 Å². The first-order chi connectivity index (χ1) is 13.0. The molecule has 0 radical (unpaired) electrons. The minimum absolute atomic E-state index is 0.0745. The number of methoxy groups -OCH3 is 2. The number of likely N-dealkylation sites (N-methyl/N-ethyl adjacent to an activating group) is 1. The molecule has 0 amide bonds. The van der Waals surface area contributed by atoms with Gasteiger partial charge in [-0.25, -0.2) is 0 Å². The lowest BCUT2D eigenvalue weighted by Gasteiger charge is -2.67. The number of hydrogen-bond donors (Lipinski definition) is 0. The molecule has 5 heteroatoms. The zero-order valence-electron chi connectivity index (χ0n) is 16.6. The number of carbonyl (C=O) groups excluding carboxylic acids is 1. The van der Waals surface area contributed by atoms with Gasteiger partial charge in [-0.1, -0.05) is 29.8 Å². The third-order valence-corrected chi connectivity index (χ3v) is 7.92. The second-order valence-corrected chi connectivity index (χ2v) is 8.47. The van der Waals surface area contributed by atoms with Crippen molar-refractivity contribution in [1.82, 2.24) is 4.90 Å². The average molecular weight is 368 g/mol. The van der Waals surface area contributed by atoms with Crippen molar-refractivity contribution in [1.29, 1.82) is 0 Å². The predicted molar refractivity (Wildman–Crippen MR) is 104 cm³/mol. The van der Waals surface area contributed by atoms with Crippen LogP contribution in [0.2, 0.25) is 0 Å². The lowest BCUT2D eigenvalue weighted by molar-refractivity contribution is -0.240. The summed E-state index contributed by atoms with van der Waals surface area (Å²) in [5, 5.41) is 0. The Hall–Kier alpha value is -1.85. The Kier molecular flexibility index (Phi) is 3.57. The van der Waals surface area contributed by atoms with Gasteiger partial charge in [0.2, 0.25) is 0 Å². The van der Waals surface area contributed by atoms with Crippen LogP contribution in [0.25, 0.3) is 0 Å². The van der Waals surface area contributed by atoms with Crippen LogP contribution in [0.3, 0.4) is 0 Å². The highest BCUT2D eigenvalue weighted by molar-refractivity contribution is 5.80. The summed E-state index contributed by atoms with van der Waals surface area (Å²) in [7, 11) is 5.54. The van der Waals surface area contributed by atoms with Crippen molar-refractivity contribution in [2.45, 2.75) is 36.9 Å². The van der Waals surface area contributed by atoms with Crippen molar-refractivity contribution in [2.24, 2.45) is 11.8 Å². The van der Waals surface area contributed by atoms with Gasteiger partial charge >= 0.3 is 5.97 Å². The van der Waals surface area contributed by atoms with E-state index in [1.807, 2.05) is 7.11 Å². The maximum absolute atomic E-state index is 13.2. The summed E-state index contributed by atoms with van der Waals surface area (Å²) < 4.78 is 11.8. The Morgan fingerprint density at radius 2 is 2.07 bits per heavy atom. The molecule has 3 heterocycles. The Balaban J connectivity index is 1.83. The molecule has 5 nitrogen and oxygen atoms in total. The molecule has 3 fully saturated rings. The van der Waals surface area contributed by atoms with Gasteiger partial charge in [-0.15, -0.1) is 0 Å². The molecule has 0 N–H and O–H groups in total. The molecule has 3 aliphatic heterocycles. The van der Waals surface area contributed by atoms with E-state index in [2.05, 4.69) is 54.1 Å². The monoisotopic (exact) mass is 368 g/mol. The van der Waals surface area contributed by atoms with Gasteiger partial charge in [0.05, 0.1) is 19.1 Å². The van der Waals surface area contributed by atoms with Crippen molar-refractivity contribution >= 4 is 11.7 Å². The van der Waals surface area contributed by atoms with Gasteiger partial charge in [0, 0.05) is 38.3 Å². The Bertz CT molecular complexity index is 837. The molecular formula is C22H28N2O3. The number of piperidine rings is 2. The molecular weight excluding hydrogens is 340 g/mol. The number of esters is 1. The van der Waals surface area contributed by atoms with Crippen molar-refractivity contribution < 1.29 is 14.3 Å². The lowest BCUT2D eigenvalue weighted by Crippen LogP contribution is -2.79. The fourth-order valence-electron chi connectivity index (χ4n) is 7.02. The summed E-state index contributed by atoms with van der Waals surface area (Å²) in [6, 6.07) is 8.71. The van der Waals surface area contributed by atoms with Crippen LogP contribution in [0, 0.1) is 11.8 Å². The predicted octanol–water partition coefficient (Wildman–Crippen LogP) is 2.56. The van der Waals surface area contributed by atoms with E-state index in [4.69, 9.17) is 9.47 Å². The van der Waals surface area contributed by atoms with Crippen molar-refractivity contribution in [2.75, 3.05) is 39.3 Å². The molecule has 144 valence electrons. The molecule has 4 aliphatic rings. The van der Waals surface area contributed by atoms with Gasteiger partial charge < -0.3 is 14.4 Å². The van der Waals surface area contributed by atoms with Gasteiger partial charge in [0.1, 0.15) is 5.72 Å². The van der Waals surface area contributed by atoms with Crippen LogP contribution in [0.4, 0.5) is 5.69 Å². The minimum Gasteiger partial charge on any atom is -0.469 e. The second kappa shape index (κ2) is 5.58. The number of nitrogens with zero attached hydrogens (tertiary/aromatic N) is 2. The van der Waals surface area contributed by atoms with E-state index in [0.717, 1.165) is 25.9 Å². The van der Waals surface area contributed by atoms with Crippen molar-refractivity contribution in [3.8, 4) is 0 Å². The fraction of sp³-hybridized carbons (Fsp3) is 0.591. The Morgan fingerprint density at radius 3 is 2.78 bits per heavy atom. The number of anilines is 1. The number of benzene rings is 1. The first-order valence-electron chi connectivity index (χ1n) is 9.90. The van der Waals surface area contributed by atoms with E-state index in [0.29, 0.717) is 0 Å². The summed E-state index contributed by atoms with van der Waals surface area (Å²) in [5.74, 6) is -0.0835. The van der Waals surface area contributed by atoms with Crippen LogP contribution < -0.4 is 4.90 Å². The smallest absolute Gasteiger partial charge is 0.310 e. The maximum atomic E-state index is 13.2. The molecule has 0 spiro atoms. The summed E-state index contributed by atoms with van der Waals surface area (Å²) in [6.07, 6.45) is 4.00. The number of fused-ring (bicyclic) bond motifs is 2. The third kappa shape index (κ3) is 1.80. The van der Waals surface area contributed by atoms with E-state index in [9.17, 15) is 4.79 Å². The van der Waals surface area contributed by atoms with E-state index in [1.54, 1.807) is 0 Å². The molecule has 5 atom stereocenters. The quantitative estimate of drug-likeness (QED) is 0.593. The molecule has 2 saturated heterocycles. The highest BCUT2D eigenvalue weighted by Crippen LogP contribution is 2.66. The van der Waals surface area contributed by atoms with Gasteiger partial charge in [-0.3, -0.25) is 9.69 Å². The fourth-order valence-corrected chi connectivity index (χ4v) is 7.02. The SMILES string of the molecule is C/C=C1/CN2CC[C@@]34c5ccccc5N(C)C3[C@]2(OC)C[C@@H]1C4C(=O)OC. The number of allylic oxidation sites excluding steroid dienone is 1. The molecule has 1 aromatic rings. The molecule has 2 unspecified atom stereocenters. The number of hydrogen-bond acceptors (Lipinski definition) is 5.